The number of allylic oxidation sites excluding steroid dienone is 2. The largest absolute Gasteiger partial charge is 0.465 e. The summed E-state index contributed by atoms with van der Waals surface area (Å²) in [4.78, 5) is 56.0. The Hall–Kier alpha value is -4.96. The summed E-state index contributed by atoms with van der Waals surface area (Å²) < 4.78 is 38.9. The van der Waals surface area contributed by atoms with Crippen LogP contribution in [0.3, 0.4) is 0 Å². The Morgan fingerprint density at radius 2 is 0.887 bits per heavy atom. The molecule has 11 nitrogen and oxygen atoms in total. The van der Waals surface area contributed by atoms with Crippen molar-refractivity contribution in [1.29, 1.82) is 0 Å². The highest BCUT2D eigenvalue weighted by Gasteiger charge is 2.32. The van der Waals surface area contributed by atoms with Crippen LogP contribution in [0.25, 0.3) is 0 Å². The van der Waals surface area contributed by atoms with Gasteiger partial charge in [0.2, 0.25) is 0 Å². The Balaban J connectivity index is 0.000000285. The fourth-order valence-corrected chi connectivity index (χ4v) is 8.82. The lowest BCUT2D eigenvalue weighted by Gasteiger charge is -2.22. The zero-order valence-electron chi connectivity index (χ0n) is 36.7. The van der Waals surface area contributed by atoms with Gasteiger partial charge >= 0.3 is 25.5 Å². The van der Waals surface area contributed by atoms with Gasteiger partial charge in [0.05, 0.1) is 32.0 Å². The predicted molar refractivity (Wildman–Crippen MR) is 240 cm³/mol. The van der Waals surface area contributed by atoms with Crippen molar-refractivity contribution in [3.8, 4) is 0 Å². The van der Waals surface area contributed by atoms with Gasteiger partial charge in [-0.25, -0.2) is 9.59 Å². The van der Waals surface area contributed by atoms with Crippen LogP contribution in [-0.2, 0) is 71.1 Å². The minimum Gasteiger partial charge on any atom is -0.465 e. The molecular weight excluding hydrogens is 808 g/mol. The van der Waals surface area contributed by atoms with Crippen LogP contribution in [0.4, 0.5) is 0 Å². The second kappa shape index (κ2) is 29.4. The number of esters is 3. The third-order valence-electron chi connectivity index (χ3n) is 9.94. The van der Waals surface area contributed by atoms with Gasteiger partial charge in [-0.2, -0.15) is 0 Å². The predicted octanol–water partition coefficient (Wildman–Crippen LogP) is 9.70. The number of ether oxygens (including phenoxy) is 3. The third kappa shape index (κ3) is 22.8. The third-order valence-corrected chi connectivity index (χ3v) is 12.1. The van der Waals surface area contributed by atoms with Crippen LogP contribution >= 0.6 is 7.60 Å². The molecule has 336 valence electrons. The number of benzene rings is 3. The quantitative estimate of drug-likeness (QED) is 0.0331. The lowest BCUT2D eigenvalue weighted by molar-refractivity contribution is -0.141. The van der Waals surface area contributed by atoms with Gasteiger partial charge in [-0.15, -0.1) is 0 Å². The first-order chi connectivity index (χ1) is 29.9. The van der Waals surface area contributed by atoms with E-state index in [0.29, 0.717) is 31.5 Å². The van der Waals surface area contributed by atoms with Crippen LogP contribution in [0.2, 0.25) is 0 Å². The van der Waals surface area contributed by atoms with Gasteiger partial charge in [0.25, 0.3) is 0 Å². The molecule has 12 heteroatoms. The van der Waals surface area contributed by atoms with Crippen molar-refractivity contribution < 1.29 is 51.8 Å². The molecule has 2 aliphatic carbocycles. The summed E-state index contributed by atoms with van der Waals surface area (Å²) in [7, 11) is -3.47. The highest BCUT2D eigenvalue weighted by atomic mass is 31.2. The summed E-state index contributed by atoms with van der Waals surface area (Å²) in [6.07, 6.45) is 15.6. The normalized spacial score (nSPS) is 18.4. The molecule has 0 aromatic heterocycles. The molecule has 0 amide bonds. The first-order valence-electron chi connectivity index (χ1n) is 21.7. The smallest absolute Gasteiger partial charge is 0.342 e. The summed E-state index contributed by atoms with van der Waals surface area (Å²) in [6, 6.07) is 29.7. The molecule has 2 aliphatic rings. The van der Waals surface area contributed by atoms with E-state index in [2.05, 4.69) is 0 Å². The Bertz CT molecular complexity index is 1760. The van der Waals surface area contributed by atoms with E-state index in [0.717, 1.165) is 80.6 Å². The van der Waals surface area contributed by atoms with E-state index >= 15 is 0 Å². The van der Waals surface area contributed by atoms with Crippen LogP contribution in [0.1, 0.15) is 82.9 Å². The first-order valence-corrected chi connectivity index (χ1v) is 23.4. The van der Waals surface area contributed by atoms with Crippen molar-refractivity contribution >= 4 is 38.1 Å². The van der Waals surface area contributed by atoms with E-state index in [-0.39, 0.29) is 48.8 Å². The molecule has 4 atom stereocenters. The van der Waals surface area contributed by atoms with Crippen molar-refractivity contribution in [2.45, 2.75) is 97.7 Å². The number of rotatable bonds is 21. The molecule has 0 spiro atoms. The van der Waals surface area contributed by atoms with Gasteiger partial charge in [-0.1, -0.05) is 103 Å². The lowest BCUT2D eigenvalue weighted by atomic mass is 10.0. The van der Waals surface area contributed by atoms with Gasteiger partial charge in [-0.05, 0) is 94.7 Å². The standard InChI is InChI=1S/C27H30O4.C16H25O5P.C7H10O2/c28-26(30-19-17-22-7-3-1-4-8-22)15-13-24-11-12-25(21-24)14-16-27(29)31-20-18-23-9-5-2-6-10-23;1-13(2)20-22(18,21-14(3)4)12-16(17)19-11-10-15-8-6-5-7-9-15;8-4-6-1-2-7(3-6)5-9/h1-10,13-16,24-25H,11-12,17-21H2;5-9,13-14H,10-12H2,1-4H3;4-7H,1-3H2/b15-13+,16-14+;;. The summed E-state index contributed by atoms with van der Waals surface area (Å²) in [6.45, 7) is 8.00. The Morgan fingerprint density at radius 1 is 0.548 bits per heavy atom. The van der Waals surface area contributed by atoms with Crippen molar-refractivity contribution in [1.82, 2.24) is 0 Å². The molecular formula is C50H65O11P. The van der Waals surface area contributed by atoms with E-state index in [1.165, 1.54) is 0 Å². The second-order valence-electron chi connectivity index (χ2n) is 16.0. The summed E-state index contributed by atoms with van der Waals surface area (Å²) in [5, 5.41) is 0. The number of aldehydes is 2. The van der Waals surface area contributed by atoms with Gasteiger partial charge in [-0.3, -0.25) is 9.36 Å². The van der Waals surface area contributed by atoms with Crippen molar-refractivity contribution in [3.63, 3.8) is 0 Å². The number of carbonyl (C=O) groups excluding carboxylic acids is 5. The average Bonchev–Trinajstić information content (AvgIpc) is 3.93. The maximum atomic E-state index is 12.5. The lowest BCUT2D eigenvalue weighted by Crippen LogP contribution is -2.18. The minimum atomic E-state index is -3.47. The fourth-order valence-electron chi connectivity index (χ4n) is 6.93. The second-order valence-corrected chi connectivity index (χ2v) is 18.0. The van der Waals surface area contributed by atoms with E-state index < -0.39 is 13.6 Å². The van der Waals surface area contributed by atoms with Gasteiger partial charge < -0.3 is 32.8 Å². The highest BCUT2D eigenvalue weighted by Crippen LogP contribution is 2.50. The number of hydrogen-bond donors (Lipinski definition) is 0. The zero-order valence-corrected chi connectivity index (χ0v) is 37.6. The summed E-state index contributed by atoms with van der Waals surface area (Å²) >= 11 is 0. The number of hydrogen-bond acceptors (Lipinski definition) is 11. The molecule has 3 aromatic rings. The Kier molecular flexibility index (Phi) is 24.3. The Labute approximate surface area is 368 Å². The van der Waals surface area contributed by atoms with Crippen molar-refractivity contribution in [2.24, 2.45) is 23.7 Å². The molecule has 2 saturated carbocycles. The molecule has 0 saturated heterocycles. The first kappa shape index (κ1) is 51.4. The van der Waals surface area contributed by atoms with Crippen molar-refractivity contribution in [3.05, 3.63) is 132 Å². The molecule has 0 N–H and O–H groups in total. The van der Waals surface area contributed by atoms with E-state index in [9.17, 15) is 28.5 Å². The van der Waals surface area contributed by atoms with Gasteiger partial charge in [0.1, 0.15) is 18.7 Å². The van der Waals surface area contributed by atoms with E-state index in [1.54, 1.807) is 39.8 Å². The van der Waals surface area contributed by atoms with E-state index in [1.807, 2.05) is 103 Å². The fraction of sp³-hybridized carbons (Fsp3) is 0.460. The molecule has 0 bridgehead atoms. The topological polar surface area (TPSA) is 149 Å². The molecule has 4 unspecified atom stereocenters. The monoisotopic (exact) mass is 872 g/mol. The Morgan fingerprint density at radius 3 is 1.23 bits per heavy atom. The SMILES string of the molecule is CC(C)OP(=O)(CC(=O)OCCc1ccccc1)OC(C)C.O=C(/C=C/C1CCC(/C=C/C(=O)OCCc2ccccc2)C1)OCCc1ccccc1.O=CC1CCC(C=O)C1. The van der Waals surface area contributed by atoms with Crippen LogP contribution in [0, 0.1) is 23.7 Å². The summed E-state index contributed by atoms with van der Waals surface area (Å²) in [5.74, 6) is -0.148. The van der Waals surface area contributed by atoms with Crippen LogP contribution in [0.5, 0.6) is 0 Å². The molecule has 5 rings (SSSR count). The van der Waals surface area contributed by atoms with Gasteiger partial charge in [0.15, 0.2) is 0 Å². The van der Waals surface area contributed by atoms with Crippen LogP contribution in [-0.4, -0.2) is 68.7 Å². The zero-order chi connectivity index (χ0) is 45.0. The van der Waals surface area contributed by atoms with Crippen molar-refractivity contribution in [2.75, 3.05) is 26.0 Å². The maximum Gasteiger partial charge on any atom is 0.342 e. The highest BCUT2D eigenvalue weighted by molar-refractivity contribution is 7.54. The van der Waals surface area contributed by atoms with E-state index in [4.69, 9.17) is 23.3 Å². The minimum absolute atomic E-state index is 0.167. The van der Waals surface area contributed by atoms with Crippen LogP contribution in [0.15, 0.2) is 115 Å². The molecule has 0 heterocycles. The molecule has 2 fully saturated rings. The number of carbonyl (C=O) groups is 5. The molecule has 0 aliphatic heterocycles. The maximum absolute atomic E-state index is 12.5. The molecule has 0 radical (unpaired) electrons. The van der Waals surface area contributed by atoms with Crippen LogP contribution < -0.4 is 0 Å². The van der Waals surface area contributed by atoms with Gasteiger partial charge in [0, 0.05) is 43.3 Å². The summed E-state index contributed by atoms with van der Waals surface area (Å²) in [5.41, 5.74) is 3.39. The average molecular weight is 873 g/mol. The molecule has 3 aromatic carbocycles. The molecule has 62 heavy (non-hydrogen) atoms.